The van der Waals surface area contributed by atoms with Gasteiger partial charge in [-0.15, -0.1) is 0 Å². The van der Waals surface area contributed by atoms with Crippen LogP contribution in [-0.2, 0) is 4.79 Å². The highest BCUT2D eigenvalue weighted by Gasteiger charge is 2.43. The molecule has 1 saturated carbocycles. The maximum Gasteiger partial charge on any atom is 0.229 e. The van der Waals surface area contributed by atoms with Crippen LogP contribution >= 0.6 is 0 Å². The van der Waals surface area contributed by atoms with Gasteiger partial charge in [0.1, 0.15) is 5.84 Å². The molecule has 3 rings (SSSR count). The third-order valence-corrected chi connectivity index (χ3v) is 4.31. The highest BCUT2D eigenvalue weighted by molar-refractivity contribution is 6.00. The van der Waals surface area contributed by atoms with E-state index in [1.54, 1.807) is 0 Å². The SMILES string of the molecule is CC(=Nc1ccccc1C)NC(=O)C1CC1c1cccc(C)c1. The van der Waals surface area contributed by atoms with Crippen molar-refractivity contribution in [2.45, 2.75) is 33.1 Å². The Morgan fingerprint density at radius 3 is 2.65 bits per heavy atom. The molecular formula is C20H22N2O. The standard InChI is InChI=1S/C20H22N2O/c1-13-7-6-9-16(11-13)17-12-18(17)20(23)22-15(3)21-19-10-5-4-8-14(19)2/h4-11,17-18H,12H2,1-3H3,(H,21,22,23). The Kier molecular flexibility index (Phi) is 4.28. The predicted octanol–water partition coefficient (Wildman–Crippen LogP) is 4.27. The molecule has 1 aliphatic carbocycles. The largest absolute Gasteiger partial charge is 0.314 e. The first-order valence-corrected chi connectivity index (χ1v) is 8.03. The van der Waals surface area contributed by atoms with Crippen LogP contribution in [-0.4, -0.2) is 11.7 Å². The van der Waals surface area contributed by atoms with Crippen molar-refractivity contribution in [2.24, 2.45) is 10.9 Å². The summed E-state index contributed by atoms with van der Waals surface area (Å²) in [6, 6.07) is 16.3. The van der Waals surface area contributed by atoms with E-state index in [1.165, 1.54) is 11.1 Å². The summed E-state index contributed by atoms with van der Waals surface area (Å²) in [6.45, 7) is 5.94. The number of hydrogen-bond acceptors (Lipinski definition) is 2. The lowest BCUT2D eigenvalue weighted by atomic mass is 10.1. The molecule has 2 aromatic carbocycles. The van der Waals surface area contributed by atoms with E-state index < -0.39 is 0 Å². The van der Waals surface area contributed by atoms with E-state index in [9.17, 15) is 4.79 Å². The molecule has 0 saturated heterocycles. The molecule has 1 aliphatic rings. The Bertz CT molecular complexity index is 764. The Hall–Kier alpha value is -2.42. The molecule has 0 spiro atoms. The number of amides is 1. The molecule has 0 heterocycles. The molecule has 1 N–H and O–H groups in total. The summed E-state index contributed by atoms with van der Waals surface area (Å²) < 4.78 is 0. The fourth-order valence-corrected chi connectivity index (χ4v) is 2.92. The first kappa shape index (κ1) is 15.5. The lowest BCUT2D eigenvalue weighted by Crippen LogP contribution is -2.30. The minimum absolute atomic E-state index is 0.0684. The number of carbonyl (C=O) groups is 1. The lowest BCUT2D eigenvalue weighted by molar-refractivity contribution is -0.121. The first-order valence-electron chi connectivity index (χ1n) is 8.03. The van der Waals surface area contributed by atoms with Crippen molar-refractivity contribution >= 4 is 17.4 Å². The van der Waals surface area contributed by atoms with Gasteiger partial charge in [0.25, 0.3) is 0 Å². The maximum atomic E-state index is 12.4. The molecule has 1 fully saturated rings. The first-order chi connectivity index (χ1) is 11.0. The van der Waals surface area contributed by atoms with Gasteiger partial charge in [-0.05, 0) is 50.3 Å². The second kappa shape index (κ2) is 6.37. The van der Waals surface area contributed by atoms with Gasteiger partial charge in [0.2, 0.25) is 5.91 Å². The molecule has 1 amide bonds. The Morgan fingerprint density at radius 1 is 1.13 bits per heavy atom. The third kappa shape index (κ3) is 3.67. The van der Waals surface area contributed by atoms with Crippen LogP contribution in [0.3, 0.4) is 0 Å². The average molecular weight is 306 g/mol. The van der Waals surface area contributed by atoms with Gasteiger partial charge in [0, 0.05) is 5.92 Å². The number of benzene rings is 2. The molecule has 0 aliphatic heterocycles. The highest BCUT2D eigenvalue weighted by atomic mass is 16.2. The van der Waals surface area contributed by atoms with Crippen molar-refractivity contribution < 1.29 is 4.79 Å². The zero-order valence-corrected chi connectivity index (χ0v) is 13.8. The van der Waals surface area contributed by atoms with E-state index in [0.717, 1.165) is 17.7 Å². The summed E-state index contributed by atoms with van der Waals surface area (Å²) in [4.78, 5) is 16.9. The van der Waals surface area contributed by atoms with Crippen molar-refractivity contribution in [3.8, 4) is 0 Å². The molecule has 0 radical (unpaired) electrons. The van der Waals surface area contributed by atoms with E-state index >= 15 is 0 Å². The fraction of sp³-hybridized carbons (Fsp3) is 0.300. The van der Waals surface area contributed by atoms with E-state index in [1.807, 2.05) is 38.1 Å². The average Bonchev–Trinajstić information content (AvgIpc) is 3.30. The maximum absolute atomic E-state index is 12.4. The molecule has 2 atom stereocenters. The molecule has 2 aromatic rings. The van der Waals surface area contributed by atoms with Gasteiger partial charge < -0.3 is 5.32 Å². The van der Waals surface area contributed by atoms with Crippen molar-refractivity contribution in [1.82, 2.24) is 5.32 Å². The number of aryl methyl sites for hydroxylation is 2. The van der Waals surface area contributed by atoms with Gasteiger partial charge in [0.05, 0.1) is 5.69 Å². The van der Waals surface area contributed by atoms with Crippen LogP contribution in [0.25, 0.3) is 0 Å². The van der Waals surface area contributed by atoms with Crippen LogP contribution in [0.2, 0.25) is 0 Å². The van der Waals surface area contributed by atoms with Crippen LogP contribution in [0.1, 0.15) is 36.0 Å². The second-order valence-corrected chi connectivity index (χ2v) is 6.34. The summed E-state index contributed by atoms with van der Waals surface area (Å²) in [5, 5.41) is 2.94. The van der Waals surface area contributed by atoms with E-state index in [0.29, 0.717) is 11.8 Å². The molecular weight excluding hydrogens is 284 g/mol. The van der Waals surface area contributed by atoms with Crippen LogP contribution < -0.4 is 5.32 Å². The van der Waals surface area contributed by atoms with Crippen LogP contribution in [0.5, 0.6) is 0 Å². The van der Waals surface area contributed by atoms with Crippen LogP contribution in [0, 0.1) is 19.8 Å². The van der Waals surface area contributed by atoms with Gasteiger partial charge in [0.15, 0.2) is 0 Å². The van der Waals surface area contributed by atoms with E-state index in [-0.39, 0.29) is 11.8 Å². The normalized spacial score (nSPS) is 20.2. The lowest BCUT2D eigenvalue weighted by Gasteiger charge is -2.06. The predicted molar refractivity (Wildman–Crippen MR) is 94.1 cm³/mol. The smallest absolute Gasteiger partial charge is 0.229 e. The number of aliphatic imine (C=N–C) groups is 1. The summed E-state index contributed by atoms with van der Waals surface area (Å²) in [5.41, 5.74) is 4.51. The van der Waals surface area contributed by atoms with Gasteiger partial charge in [-0.1, -0.05) is 48.0 Å². The number of hydrogen-bond donors (Lipinski definition) is 1. The monoisotopic (exact) mass is 306 g/mol. The van der Waals surface area contributed by atoms with Gasteiger partial charge in [-0.25, -0.2) is 4.99 Å². The Morgan fingerprint density at radius 2 is 1.91 bits per heavy atom. The molecule has 3 nitrogen and oxygen atoms in total. The summed E-state index contributed by atoms with van der Waals surface area (Å²) in [5.74, 6) is 1.14. The molecule has 23 heavy (non-hydrogen) atoms. The van der Waals surface area contributed by atoms with Crippen LogP contribution in [0.4, 0.5) is 5.69 Å². The van der Waals surface area contributed by atoms with Crippen molar-refractivity contribution in [1.29, 1.82) is 0 Å². The summed E-state index contributed by atoms with van der Waals surface area (Å²) in [7, 11) is 0. The topological polar surface area (TPSA) is 41.5 Å². The van der Waals surface area contributed by atoms with Crippen molar-refractivity contribution in [3.63, 3.8) is 0 Å². The fourth-order valence-electron chi connectivity index (χ4n) is 2.92. The minimum atomic E-state index is 0.0684. The second-order valence-electron chi connectivity index (χ2n) is 6.34. The van der Waals surface area contributed by atoms with Crippen LogP contribution in [0.15, 0.2) is 53.5 Å². The third-order valence-electron chi connectivity index (χ3n) is 4.31. The van der Waals surface area contributed by atoms with Gasteiger partial charge in [-0.3, -0.25) is 4.79 Å². The highest BCUT2D eigenvalue weighted by Crippen LogP contribution is 2.47. The number of para-hydroxylation sites is 1. The minimum Gasteiger partial charge on any atom is -0.314 e. The van der Waals surface area contributed by atoms with Gasteiger partial charge >= 0.3 is 0 Å². The number of rotatable bonds is 3. The number of carbonyl (C=O) groups excluding carboxylic acids is 1. The van der Waals surface area contributed by atoms with Crippen molar-refractivity contribution in [2.75, 3.05) is 0 Å². The summed E-state index contributed by atoms with van der Waals surface area (Å²) >= 11 is 0. The van der Waals surface area contributed by atoms with E-state index in [4.69, 9.17) is 0 Å². The molecule has 3 heteroatoms. The molecule has 0 bridgehead atoms. The van der Waals surface area contributed by atoms with E-state index in [2.05, 4.69) is 41.5 Å². The molecule has 118 valence electrons. The molecule has 2 unspecified atom stereocenters. The number of amidine groups is 1. The summed E-state index contributed by atoms with van der Waals surface area (Å²) in [6.07, 6.45) is 0.924. The number of nitrogens with one attached hydrogen (secondary N) is 1. The zero-order valence-electron chi connectivity index (χ0n) is 13.8. The molecule has 0 aromatic heterocycles. The van der Waals surface area contributed by atoms with Gasteiger partial charge in [-0.2, -0.15) is 0 Å². The quantitative estimate of drug-likeness (QED) is 0.667. The Labute approximate surface area is 137 Å². The van der Waals surface area contributed by atoms with Crippen molar-refractivity contribution in [3.05, 3.63) is 65.2 Å². The zero-order chi connectivity index (χ0) is 16.4. The number of nitrogens with zero attached hydrogens (tertiary/aromatic N) is 1. The Balaban J connectivity index is 1.63.